The zero-order chi connectivity index (χ0) is 27.0. The molecule has 5 rings (SSSR count). The summed E-state index contributed by atoms with van der Waals surface area (Å²) >= 11 is 0. The lowest BCUT2D eigenvalue weighted by molar-refractivity contribution is -0.362. The van der Waals surface area contributed by atoms with Gasteiger partial charge in [0.1, 0.15) is 23.4 Å². The second kappa shape index (κ2) is 8.65. The molecule has 0 amide bonds. The molecule has 0 radical (unpaired) electrons. The number of esters is 3. The Morgan fingerprint density at radius 1 is 1.00 bits per heavy atom. The quantitative estimate of drug-likeness (QED) is 0.330. The monoisotopic (exact) mass is 522 g/mol. The first kappa shape index (κ1) is 26.9. The molecule has 0 unspecified atom stereocenters. The second-order valence-electron chi connectivity index (χ2n) is 13.1. The molecular formula is C28H42O9. The van der Waals surface area contributed by atoms with Crippen LogP contribution in [0.1, 0.15) is 80.1 Å². The van der Waals surface area contributed by atoms with E-state index < -0.39 is 63.6 Å². The van der Waals surface area contributed by atoms with Crippen molar-refractivity contribution < 1.29 is 43.2 Å². The van der Waals surface area contributed by atoms with Gasteiger partial charge >= 0.3 is 17.9 Å². The number of hydrogen-bond acceptors (Lipinski definition) is 9. The molecule has 3 saturated heterocycles. The first-order chi connectivity index (χ1) is 17.3. The van der Waals surface area contributed by atoms with E-state index in [2.05, 4.69) is 6.92 Å². The molecule has 0 aromatic rings. The number of aliphatic hydroxyl groups excluding tert-OH is 1. The Labute approximate surface area is 218 Å². The Morgan fingerprint density at radius 3 is 2.14 bits per heavy atom. The van der Waals surface area contributed by atoms with Crippen LogP contribution >= 0.6 is 0 Å². The normalized spacial score (nSPS) is 46.5. The minimum absolute atomic E-state index is 0.124. The zero-order valence-corrected chi connectivity index (χ0v) is 23.0. The fourth-order valence-corrected chi connectivity index (χ4v) is 8.07. The fraction of sp³-hybridized carbons (Fsp3) is 0.893. The van der Waals surface area contributed by atoms with Gasteiger partial charge in [0.15, 0.2) is 12.2 Å². The van der Waals surface area contributed by atoms with Crippen molar-refractivity contribution in [3.63, 3.8) is 0 Å². The molecule has 2 spiro atoms. The lowest BCUT2D eigenvalue weighted by Gasteiger charge is -2.70. The van der Waals surface area contributed by atoms with Gasteiger partial charge in [0.2, 0.25) is 0 Å². The van der Waals surface area contributed by atoms with Crippen molar-refractivity contribution in [3.05, 3.63) is 0 Å². The van der Waals surface area contributed by atoms with Crippen molar-refractivity contribution in [3.8, 4) is 0 Å². The number of carbonyl (C=O) groups is 3. The summed E-state index contributed by atoms with van der Waals surface area (Å²) in [6.07, 6.45) is 1.88. The summed E-state index contributed by atoms with van der Waals surface area (Å²) in [5, 5.41) is 11.2. The number of hydrogen-bond donors (Lipinski definition) is 1. The molecule has 1 N–H and O–H groups in total. The summed E-state index contributed by atoms with van der Waals surface area (Å²) in [7, 11) is 0. The van der Waals surface area contributed by atoms with E-state index in [1.54, 1.807) is 27.7 Å². The second-order valence-corrected chi connectivity index (χ2v) is 13.1. The van der Waals surface area contributed by atoms with Crippen LogP contribution in [0, 0.1) is 28.6 Å². The highest BCUT2D eigenvalue weighted by molar-refractivity contribution is 5.74. The van der Waals surface area contributed by atoms with Gasteiger partial charge in [-0.25, -0.2) is 0 Å². The van der Waals surface area contributed by atoms with Crippen molar-refractivity contribution in [1.82, 2.24) is 0 Å². The van der Waals surface area contributed by atoms with Crippen molar-refractivity contribution in [2.45, 2.75) is 109 Å². The van der Waals surface area contributed by atoms with E-state index >= 15 is 0 Å². The minimum atomic E-state index is -1.11. The molecule has 0 bridgehead atoms. The molecule has 8 atom stereocenters. The lowest BCUT2D eigenvalue weighted by Crippen LogP contribution is -2.80. The van der Waals surface area contributed by atoms with Crippen LogP contribution in [0.25, 0.3) is 0 Å². The fourth-order valence-electron chi connectivity index (χ4n) is 8.07. The maximum Gasteiger partial charge on any atom is 0.308 e. The number of aliphatic hydroxyl groups is 1. The number of carbonyl (C=O) groups excluding carboxylic acids is 3. The Kier molecular flexibility index (Phi) is 6.28. The van der Waals surface area contributed by atoms with Crippen LogP contribution in [0.3, 0.4) is 0 Å². The molecule has 5 fully saturated rings. The maximum atomic E-state index is 13.2. The molecule has 2 aliphatic carbocycles. The van der Waals surface area contributed by atoms with E-state index in [0.717, 1.165) is 19.3 Å². The first-order valence-corrected chi connectivity index (χ1v) is 13.8. The van der Waals surface area contributed by atoms with Gasteiger partial charge in [0.25, 0.3) is 0 Å². The third-order valence-corrected chi connectivity index (χ3v) is 10.4. The number of epoxide rings is 1. The molecule has 37 heavy (non-hydrogen) atoms. The highest BCUT2D eigenvalue weighted by Gasteiger charge is 2.82. The van der Waals surface area contributed by atoms with E-state index in [1.165, 1.54) is 0 Å². The van der Waals surface area contributed by atoms with Crippen LogP contribution in [-0.2, 0) is 38.1 Å². The summed E-state index contributed by atoms with van der Waals surface area (Å²) in [5.41, 5.74) is -4.11. The van der Waals surface area contributed by atoms with Crippen LogP contribution in [0.4, 0.5) is 0 Å². The predicted octanol–water partition coefficient (Wildman–Crippen LogP) is 2.94. The zero-order valence-electron chi connectivity index (χ0n) is 23.0. The van der Waals surface area contributed by atoms with Crippen LogP contribution in [-0.4, -0.2) is 71.8 Å². The van der Waals surface area contributed by atoms with E-state index in [-0.39, 0.29) is 31.5 Å². The van der Waals surface area contributed by atoms with E-state index in [0.29, 0.717) is 19.4 Å². The predicted molar refractivity (Wildman–Crippen MR) is 130 cm³/mol. The van der Waals surface area contributed by atoms with Gasteiger partial charge in [0.05, 0.1) is 36.9 Å². The molecule has 0 aromatic heterocycles. The number of cyclic esters (lactones) is 1. The van der Waals surface area contributed by atoms with Crippen LogP contribution in [0.15, 0.2) is 0 Å². The summed E-state index contributed by atoms with van der Waals surface area (Å²) in [6.45, 7) is 11.4. The summed E-state index contributed by atoms with van der Waals surface area (Å²) in [4.78, 5) is 38.6. The van der Waals surface area contributed by atoms with Gasteiger partial charge < -0.3 is 28.8 Å². The molecule has 0 aromatic carbocycles. The van der Waals surface area contributed by atoms with Gasteiger partial charge in [-0.05, 0) is 38.5 Å². The largest absolute Gasteiger partial charge is 0.463 e. The maximum absolute atomic E-state index is 13.2. The highest BCUT2D eigenvalue weighted by Crippen LogP contribution is 2.72. The highest BCUT2D eigenvalue weighted by atomic mass is 16.6. The number of ether oxygens (including phenoxy) is 5. The average molecular weight is 523 g/mol. The standard InChI is InChI=1S/C28H42O9/c1-16(2)22(31)35-20-21(36-23(32)17(3)4)28(13-29)18(8-7-9-27(28)15-34-27)24(5)10-11-26(37-25(20,24)6)12-19(30)33-14-26/h16-18,20-21,29H,7-15H2,1-6H3/t18-,20+,21+,24-,25+,26-,27+,28+/m1/s1. The third kappa shape index (κ3) is 3.63. The summed E-state index contributed by atoms with van der Waals surface area (Å²) < 4.78 is 31.0. The SMILES string of the molecule is CC(C)C(=O)O[C@H]1[C@H](OC(=O)C(C)C)[C@]2(C)O[C@@]3(CC[C@]2(C)[C@H]2CCC[C@]4(CO4)[C@]12CO)COC(=O)C3. The Morgan fingerprint density at radius 2 is 1.62 bits per heavy atom. The Bertz CT molecular complexity index is 973. The van der Waals surface area contributed by atoms with Gasteiger partial charge in [0, 0.05) is 5.41 Å². The molecule has 9 nitrogen and oxygen atoms in total. The number of rotatable bonds is 5. The van der Waals surface area contributed by atoms with E-state index in [1.807, 2.05) is 6.92 Å². The van der Waals surface area contributed by atoms with Gasteiger partial charge in [-0.15, -0.1) is 0 Å². The number of fused-ring (bicyclic) bond motifs is 4. The molecule has 9 heteroatoms. The van der Waals surface area contributed by atoms with Crippen molar-refractivity contribution in [1.29, 1.82) is 0 Å². The van der Waals surface area contributed by atoms with E-state index in [9.17, 15) is 19.5 Å². The molecule has 2 saturated carbocycles. The summed E-state index contributed by atoms with van der Waals surface area (Å²) in [6, 6.07) is 0. The smallest absolute Gasteiger partial charge is 0.308 e. The first-order valence-electron chi connectivity index (χ1n) is 13.8. The van der Waals surface area contributed by atoms with Gasteiger partial charge in [-0.2, -0.15) is 0 Å². The minimum Gasteiger partial charge on any atom is -0.463 e. The van der Waals surface area contributed by atoms with Crippen molar-refractivity contribution in [2.75, 3.05) is 19.8 Å². The molecular weight excluding hydrogens is 480 g/mol. The summed E-state index contributed by atoms with van der Waals surface area (Å²) in [5.74, 6) is -2.15. The average Bonchev–Trinajstić information content (AvgIpc) is 3.53. The molecule has 3 aliphatic heterocycles. The van der Waals surface area contributed by atoms with Gasteiger partial charge in [-0.3, -0.25) is 14.4 Å². The topological polar surface area (TPSA) is 121 Å². The van der Waals surface area contributed by atoms with Gasteiger partial charge in [-0.1, -0.05) is 41.0 Å². The molecule has 3 heterocycles. The van der Waals surface area contributed by atoms with Crippen LogP contribution < -0.4 is 0 Å². The van der Waals surface area contributed by atoms with E-state index in [4.69, 9.17) is 23.7 Å². The van der Waals surface area contributed by atoms with Crippen LogP contribution in [0.2, 0.25) is 0 Å². The molecule has 208 valence electrons. The molecule has 5 aliphatic rings. The Hall–Kier alpha value is -1.71. The lowest BCUT2D eigenvalue weighted by atomic mass is 9.40. The third-order valence-electron chi connectivity index (χ3n) is 10.4. The van der Waals surface area contributed by atoms with Crippen molar-refractivity contribution >= 4 is 17.9 Å². The van der Waals surface area contributed by atoms with Crippen molar-refractivity contribution in [2.24, 2.45) is 28.6 Å². The van der Waals surface area contributed by atoms with Crippen LogP contribution in [0.5, 0.6) is 0 Å². The Balaban J connectivity index is 1.70.